The number of aromatic nitrogens is 1. The number of hydrogen-bond donors (Lipinski definition) is 1. The van der Waals surface area contributed by atoms with Crippen LogP contribution < -0.4 is 19.5 Å². The molecule has 0 aliphatic rings. The Balaban J connectivity index is 1.46. The van der Waals surface area contributed by atoms with Gasteiger partial charge in [-0.2, -0.15) is 8.78 Å². The molecule has 8 nitrogen and oxygen atoms in total. The highest BCUT2D eigenvalue weighted by Crippen LogP contribution is 2.24. The van der Waals surface area contributed by atoms with Gasteiger partial charge in [-0.05, 0) is 54.3 Å². The van der Waals surface area contributed by atoms with Crippen LogP contribution in [0.2, 0.25) is 0 Å². The molecule has 0 aliphatic carbocycles. The zero-order valence-electron chi connectivity index (χ0n) is 24.0. The third kappa shape index (κ3) is 10.5. The van der Waals surface area contributed by atoms with E-state index in [-0.39, 0.29) is 37.6 Å². The summed E-state index contributed by atoms with van der Waals surface area (Å²) in [5, 5.41) is 2.62. The van der Waals surface area contributed by atoms with Gasteiger partial charge in [0.15, 0.2) is 12.7 Å². The number of alkyl halides is 4. The quantitative estimate of drug-likeness (QED) is 0.124. The molecule has 1 amide bonds. The molecular weight excluding hydrogens is 572 g/mol. The molecule has 0 fully saturated rings. The zero-order valence-corrected chi connectivity index (χ0v) is 24.0. The lowest BCUT2D eigenvalue weighted by Crippen LogP contribution is -2.34. The van der Waals surface area contributed by atoms with Gasteiger partial charge in [0.25, 0.3) is 5.91 Å². The van der Waals surface area contributed by atoms with E-state index in [2.05, 4.69) is 28.9 Å². The molecule has 0 bridgehead atoms. The van der Waals surface area contributed by atoms with Crippen molar-refractivity contribution in [3.05, 3.63) is 83.6 Å². The number of rotatable bonds is 16. The molecule has 3 aromatic rings. The summed E-state index contributed by atoms with van der Waals surface area (Å²) in [6.07, 6.45) is -3.33. The van der Waals surface area contributed by atoms with Gasteiger partial charge in [0.1, 0.15) is 18.1 Å². The molecule has 0 aliphatic heterocycles. The lowest BCUT2D eigenvalue weighted by atomic mass is 10.0. The number of carbonyl (C=O) groups excluding carboxylic acids is 2. The fourth-order valence-electron chi connectivity index (χ4n) is 3.71. The van der Waals surface area contributed by atoms with Crippen LogP contribution >= 0.6 is 0 Å². The first-order chi connectivity index (χ1) is 20.5. The maximum Gasteiger partial charge on any atom is 0.347 e. The van der Waals surface area contributed by atoms with Gasteiger partial charge in [-0.15, -0.1) is 0 Å². The van der Waals surface area contributed by atoms with Crippen LogP contribution in [-0.2, 0) is 16.0 Å². The minimum absolute atomic E-state index is 0.117. The van der Waals surface area contributed by atoms with Gasteiger partial charge < -0.3 is 24.3 Å². The van der Waals surface area contributed by atoms with E-state index in [4.69, 9.17) is 14.2 Å². The summed E-state index contributed by atoms with van der Waals surface area (Å²) in [5.41, 5.74) is 2.11. The van der Waals surface area contributed by atoms with Gasteiger partial charge >= 0.3 is 18.3 Å². The second kappa shape index (κ2) is 15.8. The van der Waals surface area contributed by atoms with Gasteiger partial charge in [-0.1, -0.05) is 38.1 Å². The van der Waals surface area contributed by atoms with Crippen LogP contribution in [0.15, 0.2) is 66.9 Å². The predicted molar refractivity (Wildman–Crippen MR) is 150 cm³/mol. The van der Waals surface area contributed by atoms with Crippen LogP contribution in [0, 0.1) is 0 Å². The predicted octanol–water partition coefficient (Wildman–Crippen LogP) is 5.85. The molecule has 1 atom stereocenters. The Morgan fingerprint density at radius 3 is 2.19 bits per heavy atom. The summed E-state index contributed by atoms with van der Waals surface area (Å²) in [5.74, 6) is -4.10. The molecule has 232 valence electrons. The van der Waals surface area contributed by atoms with E-state index >= 15 is 0 Å². The number of carbonyl (C=O) groups is 2. The van der Waals surface area contributed by atoms with Crippen LogP contribution in [0.1, 0.15) is 48.2 Å². The first-order valence-corrected chi connectivity index (χ1v) is 13.7. The number of hydrogen-bond acceptors (Lipinski definition) is 7. The van der Waals surface area contributed by atoms with E-state index < -0.39 is 36.9 Å². The molecule has 0 saturated carbocycles. The molecule has 12 heteroatoms. The van der Waals surface area contributed by atoms with Gasteiger partial charge in [0.2, 0.25) is 5.88 Å². The number of nitrogens with zero attached hydrogens (tertiary/aromatic N) is 1. The number of esters is 1. The lowest BCUT2D eigenvalue weighted by Gasteiger charge is -2.18. The first-order valence-electron chi connectivity index (χ1n) is 13.7. The van der Waals surface area contributed by atoms with Crippen molar-refractivity contribution in [2.75, 3.05) is 26.4 Å². The highest BCUT2D eigenvalue weighted by molar-refractivity contribution is 5.93. The topological polar surface area (TPSA) is 96.0 Å². The maximum absolute atomic E-state index is 13.0. The Labute approximate surface area is 247 Å². The molecule has 1 heterocycles. The number of nitrogens with one attached hydrogen (secondary N) is 1. The Hall–Kier alpha value is -4.35. The minimum atomic E-state index is -4.31. The SMILES string of the molecule is CCOC(=O)C(Cc1ccc(OCCNC(=O)c2ccc(OCC(F)(F)C(F)F)nc2)cc1)Oc1ccc(C(C)C)cc1. The molecule has 1 aromatic heterocycles. The minimum Gasteiger partial charge on any atom is -0.492 e. The highest BCUT2D eigenvalue weighted by atomic mass is 19.3. The molecule has 1 N–H and O–H groups in total. The van der Waals surface area contributed by atoms with Crippen molar-refractivity contribution in [3.63, 3.8) is 0 Å². The average Bonchev–Trinajstić information content (AvgIpc) is 2.99. The van der Waals surface area contributed by atoms with Crippen molar-refractivity contribution < 1.29 is 46.1 Å². The molecule has 1 unspecified atom stereocenters. The average molecular weight is 607 g/mol. The monoisotopic (exact) mass is 606 g/mol. The van der Waals surface area contributed by atoms with Gasteiger partial charge in [0.05, 0.1) is 18.7 Å². The lowest BCUT2D eigenvalue weighted by molar-refractivity contribution is -0.151. The Morgan fingerprint density at radius 2 is 1.60 bits per heavy atom. The van der Waals surface area contributed by atoms with E-state index in [1.165, 1.54) is 6.07 Å². The fourth-order valence-corrected chi connectivity index (χ4v) is 3.71. The number of pyridine rings is 1. The molecule has 3 rings (SSSR count). The van der Waals surface area contributed by atoms with Crippen molar-refractivity contribution in [2.24, 2.45) is 0 Å². The summed E-state index contributed by atoms with van der Waals surface area (Å²) >= 11 is 0. The Kier molecular flexibility index (Phi) is 12.2. The molecular formula is C31H34F4N2O6. The molecule has 0 spiro atoms. The Morgan fingerprint density at radius 1 is 0.930 bits per heavy atom. The smallest absolute Gasteiger partial charge is 0.347 e. The van der Waals surface area contributed by atoms with Crippen LogP contribution in [0.25, 0.3) is 0 Å². The van der Waals surface area contributed by atoms with E-state index in [0.29, 0.717) is 17.4 Å². The van der Waals surface area contributed by atoms with Crippen LogP contribution in [-0.4, -0.2) is 61.7 Å². The second-order valence-corrected chi connectivity index (χ2v) is 9.77. The van der Waals surface area contributed by atoms with Gasteiger partial charge in [0, 0.05) is 18.7 Å². The number of amides is 1. The first kappa shape index (κ1) is 33.2. The van der Waals surface area contributed by atoms with Crippen LogP contribution in [0.5, 0.6) is 17.4 Å². The molecule has 43 heavy (non-hydrogen) atoms. The molecule has 0 saturated heterocycles. The molecule has 0 radical (unpaired) electrons. The maximum atomic E-state index is 13.0. The number of ether oxygens (including phenoxy) is 4. The summed E-state index contributed by atoms with van der Waals surface area (Å²) in [6, 6.07) is 17.1. The zero-order chi connectivity index (χ0) is 31.4. The highest BCUT2D eigenvalue weighted by Gasteiger charge is 2.41. The van der Waals surface area contributed by atoms with Crippen molar-refractivity contribution >= 4 is 11.9 Å². The van der Waals surface area contributed by atoms with E-state index in [1.54, 1.807) is 31.2 Å². The van der Waals surface area contributed by atoms with E-state index in [9.17, 15) is 27.2 Å². The summed E-state index contributed by atoms with van der Waals surface area (Å²) < 4.78 is 71.8. The number of halogens is 4. The summed E-state index contributed by atoms with van der Waals surface area (Å²) in [7, 11) is 0. The largest absolute Gasteiger partial charge is 0.492 e. The summed E-state index contributed by atoms with van der Waals surface area (Å²) in [6.45, 7) is 4.91. The van der Waals surface area contributed by atoms with Crippen molar-refractivity contribution in [1.29, 1.82) is 0 Å². The standard InChI is InChI=1S/C31H34F4N2O6/c1-4-40-29(39)26(43-25-12-7-22(8-13-25)20(2)3)17-21-5-10-24(11-6-21)41-16-15-36-28(38)23-9-14-27(37-18-23)42-19-31(34,35)30(32)33/h5-14,18,20,26,30H,4,15-17,19H2,1-3H3,(H,36,38). The number of benzene rings is 2. The third-order valence-corrected chi connectivity index (χ3v) is 6.11. The van der Waals surface area contributed by atoms with Crippen molar-refractivity contribution in [2.45, 2.75) is 51.6 Å². The van der Waals surface area contributed by atoms with E-state index in [1.807, 2.05) is 24.3 Å². The fraction of sp³-hybridized carbons (Fsp3) is 0.387. The van der Waals surface area contributed by atoms with Crippen LogP contribution in [0.4, 0.5) is 17.6 Å². The van der Waals surface area contributed by atoms with Crippen molar-refractivity contribution in [3.8, 4) is 17.4 Å². The third-order valence-electron chi connectivity index (χ3n) is 6.11. The van der Waals surface area contributed by atoms with Crippen molar-refractivity contribution in [1.82, 2.24) is 10.3 Å². The van der Waals surface area contributed by atoms with Crippen LogP contribution in [0.3, 0.4) is 0 Å². The Bertz CT molecular complexity index is 1300. The van der Waals surface area contributed by atoms with E-state index in [0.717, 1.165) is 23.4 Å². The van der Waals surface area contributed by atoms with Gasteiger partial charge in [-0.25, -0.2) is 18.6 Å². The van der Waals surface area contributed by atoms with Gasteiger partial charge in [-0.3, -0.25) is 4.79 Å². The normalized spacial score (nSPS) is 12.1. The molecule has 2 aromatic carbocycles. The second-order valence-electron chi connectivity index (χ2n) is 9.77. The summed E-state index contributed by atoms with van der Waals surface area (Å²) in [4.78, 5) is 28.5.